The largest absolute Gasteiger partial charge is 0.462 e. The standard InChI is InChI=1S/C33H33FN2O4/c1-22(2)32-31(33(39)36(25-11-7-4-8-12-25)26-15-13-24(34)14-16-26)29(23-9-5-3-6-10-23)21-35(32)18-17-28-19-27(37)20-30(38)40-28/h3-16,21-22,27-28,37H,17-20H2,1-2H3. The summed E-state index contributed by atoms with van der Waals surface area (Å²) >= 11 is 0. The van der Waals surface area contributed by atoms with Gasteiger partial charge in [0.25, 0.3) is 5.91 Å². The summed E-state index contributed by atoms with van der Waals surface area (Å²) in [6, 6.07) is 25.0. The maximum atomic E-state index is 14.7. The molecule has 2 unspecified atom stereocenters. The molecule has 7 heteroatoms. The van der Waals surface area contributed by atoms with Crippen LogP contribution in [0.3, 0.4) is 0 Å². The number of hydrogen-bond acceptors (Lipinski definition) is 4. The molecule has 0 aliphatic carbocycles. The first-order valence-corrected chi connectivity index (χ1v) is 13.6. The fraction of sp³-hybridized carbons (Fsp3) is 0.273. The number of ether oxygens (including phenoxy) is 1. The third kappa shape index (κ3) is 5.84. The van der Waals surface area contributed by atoms with Gasteiger partial charge in [-0.15, -0.1) is 0 Å². The lowest BCUT2D eigenvalue weighted by atomic mass is 9.97. The Kier molecular flexibility index (Phi) is 8.12. The first kappa shape index (κ1) is 27.3. The molecule has 1 aliphatic rings. The lowest BCUT2D eigenvalue weighted by Crippen LogP contribution is -2.33. The molecule has 3 aromatic carbocycles. The van der Waals surface area contributed by atoms with E-state index in [0.717, 1.165) is 16.8 Å². The lowest BCUT2D eigenvalue weighted by Gasteiger charge is -2.27. The van der Waals surface area contributed by atoms with Crippen molar-refractivity contribution in [3.8, 4) is 11.1 Å². The number of aromatic nitrogens is 1. The second kappa shape index (κ2) is 11.9. The number of hydrogen-bond donors (Lipinski definition) is 1. The average Bonchev–Trinajstić information content (AvgIpc) is 3.34. The minimum absolute atomic E-state index is 0.0123. The van der Waals surface area contributed by atoms with Crippen LogP contribution >= 0.6 is 0 Å². The second-order valence-electron chi connectivity index (χ2n) is 10.5. The number of nitrogens with zero attached hydrogens (tertiary/aromatic N) is 2. The maximum Gasteiger partial charge on any atom is 0.308 e. The molecule has 5 rings (SSSR count). The van der Waals surface area contributed by atoms with Gasteiger partial charge in [0, 0.05) is 48.2 Å². The van der Waals surface area contributed by atoms with Crippen LogP contribution in [0.15, 0.2) is 91.1 Å². The molecule has 0 radical (unpaired) electrons. The third-order valence-electron chi connectivity index (χ3n) is 7.20. The number of carbonyl (C=O) groups excluding carboxylic acids is 2. The number of carbonyl (C=O) groups is 2. The first-order valence-electron chi connectivity index (χ1n) is 13.6. The molecule has 0 spiro atoms. The van der Waals surface area contributed by atoms with E-state index in [1.807, 2.05) is 80.7 Å². The highest BCUT2D eigenvalue weighted by Crippen LogP contribution is 2.37. The van der Waals surface area contributed by atoms with E-state index >= 15 is 0 Å². The summed E-state index contributed by atoms with van der Waals surface area (Å²) in [7, 11) is 0. The number of aliphatic hydroxyl groups is 1. The molecule has 0 saturated carbocycles. The Morgan fingerprint density at radius 3 is 2.25 bits per heavy atom. The predicted octanol–water partition coefficient (Wildman–Crippen LogP) is 6.85. The van der Waals surface area contributed by atoms with E-state index < -0.39 is 12.2 Å². The molecule has 206 valence electrons. The quantitative estimate of drug-likeness (QED) is 0.248. The van der Waals surface area contributed by atoms with E-state index in [-0.39, 0.29) is 30.0 Å². The van der Waals surface area contributed by atoms with Gasteiger partial charge in [-0.3, -0.25) is 14.5 Å². The number of anilines is 2. The Balaban J connectivity index is 1.62. The zero-order valence-corrected chi connectivity index (χ0v) is 22.7. The van der Waals surface area contributed by atoms with E-state index in [1.165, 1.54) is 12.1 Å². The van der Waals surface area contributed by atoms with Gasteiger partial charge in [-0.2, -0.15) is 0 Å². The monoisotopic (exact) mass is 540 g/mol. The molecule has 2 atom stereocenters. The summed E-state index contributed by atoms with van der Waals surface area (Å²) in [5, 5.41) is 10.1. The molecule has 1 saturated heterocycles. The number of aliphatic hydroxyl groups excluding tert-OH is 1. The highest BCUT2D eigenvalue weighted by molar-refractivity contribution is 6.15. The molecule has 1 amide bonds. The molecular formula is C33H33FN2O4. The van der Waals surface area contributed by atoms with Crippen LogP contribution in [-0.2, 0) is 16.1 Å². The Bertz CT molecular complexity index is 1470. The average molecular weight is 541 g/mol. The van der Waals surface area contributed by atoms with E-state index in [2.05, 4.69) is 4.57 Å². The van der Waals surface area contributed by atoms with E-state index in [1.54, 1.807) is 17.0 Å². The van der Waals surface area contributed by atoms with Gasteiger partial charge in [-0.25, -0.2) is 4.39 Å². The van der Waals surface area contributed by atoms with Gasteiger partial charge in [0.15, 0.2) is 0 Å². The molecule has 1 fully saturated rings. The molecule has 1 N–H and O–H groups in total. The molecule has 1 aromatic heterocycles. The van der Waals surface area contributed by atoms with Gasteiger partial charge in [0.1, 0.15) is 11.9 Å². The van der Waals surface area contributed by atoms with Crippen molar-refractivity contribution < 1.29 is 23.8 Å². The number of rotatable bonds is 8. The highest BCUT2D eigenvalue weighted by Gasteiger charge is 2.31. The van der Waals surface area contributed by atoms with Crippen molar-refractivity contribution in [1.29, 1.82) is 0 Å². The summed E-state index contributed by atoms with van der Waals surface area (Å²) in [5.74, 6) is -1.00. The number of halogens is 1. The van der Waals surface area contributed by atoms with Crippen LogP contribution in [0.4, 0.5) is 15.8 Å². The Morgan fingerprint density at radius 2 is 1.62 bits per heavy atom. The van der Waals surface area contributed by atoms with Gasteiger partial charge >= 0.3 is 5.97 Å². The summed E-state index contributed by atoms with van der Waals surface area (Å²) < 4.78 is 21.4. The Hall–Kier alpha value is -4.23. The summed E-state index contributed by atoms with van der Waals surface area (Å²) in [6.07, 6.45) is 1.83. The zero-order valence-electron chi connectivity index (χ0n) is 22.7. The number of cyclic esters (lactones) is 1. The minimum atomic E-state index is -0.701. The van der Waals surface area contributed by atoms with Gasteiger partial charge < -0.3 is 14.4 Å². The topological polar surface area (TPSA) is 71.8 Å². The van der Waals surface area contributed by atoms with Crippen LogP contribution in [0.2, 0.25) is 0 Å². The van der Waals surface area contributed by atoms with Crippen molar-refractivity contribution in [3.63, 3.8) is 0 Å². The SMILES string of the molecule is CC(C)c1c(C(=O)N(c2ccccc2)c2ccc(F)cc2)c(-c2ccccc2)cn1CCC1CC(O)CC(=O)O1. The fourth-order valence-corrected chi connectivity index (χ4v) is 5.42. The Labute approximate surface area is 233 Å². The number of aryl methyl sites for hydroxylation is 1. The smallest absolute Gasteiger partial charge is 0.308 e. The van der Waals surface area contributed by atoms with Gasteiger partial charge in [-0.05, 0) is 47.9 Å². The van der Waals surface area contributed by atoms with Crippen molar-refractivity contribution in [3.05, 3.63) is 108 Å². The van der Waals surface area contributed by atoms with Crippen LogP contribution in [-0.4, -0.2) is 33.8 Å². The fourth-order valence-electron chi connectivity index (χ4n) is 5.42. The highest BCUT2D eigenvalue weighted by atomic mass is 19.1. The zero-order chi connectivity index (χ0) is 28.2. The molecule has 4 aromatic rings. The number of benzene rings is 3. The number of esters is 1. The van der Waals surface area contributed by atoms with Crippen LogP contribution in [0.25, 0.3) is 11.1 Å². The van der Waals surface area contributed by atoms with Crippen molar-refractivity contribution in [2.45, 2.75) is 57.8 Å². The maximum absolute atomic E-state index is 14.7. The normalized spacial score (nSPS) is 17.1. The molecule has 0 bridgehead atoms. The summed E-state index contributed by atoms with van der Waals surface area (Å²) in [6.45, 7) is 4.60. The van der Waals surface area contributed by atoms with Crippen molar-refractivity contribution in [1.82, 2.24) is 4.57 Å². The van der Waals surface area contributed by atoms with E-state index in [0.29, 0.717) is 36.3 Å². The second-order valence-corrected chi connectivity index (χ2v) is 10.5. The molecular weight excluding hydrogens is 507 g/mol. The van der Waals surface area contributed by atoms with Crippen molar-refractivity contribution in [2.75, 3.05) is 4.90 Å². The third-order valence-corrected chi connectivity index (χ3v) is 7.20. The Morgan fingerprint density at radius 1 is 1.00 bits per heavy atom. The van der Waals surface area contributed by atoms with Gasteiger partial charge in [-0.1, -0.05) is 62.4 Å². The van der Waals surface area contributed by atoms with E-state index in [9.17, 15) is 19.1 Å². The lowest BCUT2D eigenvalue weighted by molar-refractivity contribution is -0.160. The number of para-hydroxylation sites is 1. The van der Waals surface area contributed by atoms with Crippen LogP contribution in [0.1, 0.15) is 55.1 Å². The van der Waals surface area contributed by atoms with Crippen LogP contribution in [0.5, 0.6) is 0 Å². The molecule has 6 nitrogen and oxygen atoms in total. The van der Waals surface area contributed by atoms with Crippen molar-refractivity contribution in [2.24, 2.45) is 0 Å². The molecule has 1 aliphatic heterocycles. The molecule has 40 heavy (non-hydrogen) atoms. The number of amides is 1. The molecule has 2 heterocycles. The van der Waals surface area contributed by atoms with Gasteiger partial charge in [0.05, 0.1) is 18.1 Å². The first-order chi connectivity index (χ1) is 19.3. The van der Waals surface area contributed by atoms with Crippen LogP contribution < -0.4 is 4.90 Å². The van der Waals surface area contributed by atoms with Crippen LogP contribution in [0, 0.1) is 5.82 Å². The van der Waals surface area contributed by atoms with E-state index in [4.69, 9.17) is 4.74 Å². The van der Waals surface area contributed by atoms with Gasteiger partial charge in [0.2, 0.25) is 0 Å². The van der Waals surface area contributed by atoms with Crippen molar-refractivity contribution >= 4 is 23.3 Å². The summed E-state index contributed by atoms with van der Waals surface area (Å²) in [5.41, 5.74) is 4.34. The summed E-state index contributed by atoms with van der Waals surface area (Å²) in [4.78, 5) is 28.2. The minimum Gasteiger partial charge on any atom is -0.462 e. The predicted molar refractivity (Wildman–Crippen MR) is 153 cm³/mol.